The second-order valence-electron chi connectivity index (χ2n) is 5.59. The van der Waals surface area contributed by atoms with Crippen molar-refractivity contribution >= 4 is 27.5 Å². The lowest BCUT2D eigenvalue weighted by Gasteiger charge is -2.07. The lowest BCUT2D eigenvalue weighted by molar-refractivity contribution is 0.0949. The van der Waals surface area contributed by atoms with E-state index in [1.807, 2.05) is 0 Å². The van der Waals surface area contributed by atoms with Crippen molar-refractivity contribution in [3.05, 3.63) is 46.7 Å². The third-order valence-electron chi connectivity index (χ3n) is 3.67. The normalized spacial score (nSPS) is 14.5. The summed E-state index contributed by atoms with van der Waals surface area (Å²) in [5.41, 5.74) is 1.29. The Morgan fingerprint density at radius 2 is 1.96 bits per heavy atom. The summed E-state index contributed by atoms with van der Waals surface area (Å²) < 4.78 is 26.5. The highest BCUT2D eigenvalue weighted by Gasteiger charge is 2.26. The number of aromatic amines is 1. The first kappa shape index (κ1) is 16.9. The third-order valence-corrected chi connectivity index (χ3v) is 5.40. The van der Waals surface area contributed by atoms with Crippen LogP contribution in [-0.2, 0) is 10.0 Å². The van der Waals surface area contributed by atoms with E-state index in [1.165, 1.54) is 24.3 Å². The number of benzene rings is 1. The van der Waals surface area contributed by atoms with Crippen molar-refractivity contribution in [2.45, 2.75) is 23.7 Å². The van der Waals surface area contributed by atoms with Gasteiger partial charge < -0.3 is 5.32 Å². The largest absolute Gasteiger partial charge is 0.349 e. The number of nitrogens with one attached hydrogen (secondary N) is 3. The maximum atomic E-state index is 12.1. The van der Waals surface area contributed by atoms with Gasteiger partial charge in [0.15, 0.2) is 0 Å². The molecule has 0 radical (unpaired) electrons. The Hall–Kier alpha value is -1.90. The summed E-state index contributed by atoms with van der Waals surface area (Å²) >= 11 is 5.74. The molecule has 0 unspecified atom stereocenters. The summed E-state index contributed by atoms with van der Waals surface area (Å²) in [4.78, 5) is 12.1. The van der Waals surface area contributed by atoms with Crippen LogP contribution < -0.4 is 10.0 Å². The lowest BCUT2D eigenvalue weighted by atomic mass is 10.2. The highest BCUT2D eigenvalue weighted by molar-refractivity contribution is 7.89. The first-order chi connectivity index (χ1) is 11.5. The molecule has 0 aliphatic heterocycles. The quantitative estimate of drug-likeness (QED) is 0.646. The fourth-order valence-electron chi connectivity index (χ4n) is 2.21. The Balaban J connectivity index is 1.47. The number of carbonyl (C=O) groups is 1. The van der Waals surface area contributed by atoms with Crippen molar-refractivity contribution in [3.63, 3.8) is 0 Å². The van der Waals surface area contributed by atoms with Crippen LogP contribution in [0.4, 0.5) is 0 Å². The predicted octanol–water partition coefficient (Wildman–Crippen LogP) is 1.65. The molecule has 128 valence electrons. The van der Waals surface area contributed by atoms with Crippen LogP contribution in [0.15, 0.2) is 35.2 Å². The van der Waals surface area contributed by atoms with Gasteiger partial charge in [0.05, 0.1) is 4.90 Å². The van der Waals surface area contributed by atoms with Gasteiger partial charge in [0.25, 0.3) is 5.91 Å². The molecule has 1 fully saturated rings. The highest BCUT2D eigenvalue weighted by atomic mass is 35.5. The Kier molecular flexibility index (Phi) is 4.88. The van der Waals surface area contributed by atoms with Crippen LogP contribution in [0.5, 0.6) is 0 Å². The molecule has 3 rings (SSSR count). The number of aromatic nitrogens is 2. The molecule has 1 aromatic carbocycles. The summed E-state index contributed by atoms with van der Waals surface area (Å²) in [7, 11) is -3.62. The van der Waals surface area contributed by atoms with Crippen molar-refractivity contribution in [1.29, 1.82) is 0 Å². The second-order valence-corrected chi connectivity index (χ2v) is 7.79. The Bertz CT molecular complexity index is 829. The molecule has 9 heteroatoms. The van der Waals surface area contributed by atoms with E-state index in [0.29, 0.717) is 16.6 Å². The number of sulfonamides is 1. The fourth-order valence-corrected chi connectivity index (χ4v) is 3.36. The minimum Gasteiger partial charge on any atom is -0.349 e. The number of nitrogens with zero attached hydrogens (tertiary/aromatic N) is 1. The minimum absolute atomic E-state index is 0.0800. The highest BCUT2D eigenvalue weighted by Crippen LogP contribution is 2.38. The number of hydrogen-bond donors (Lipinski definition) is 3. The molecular weight excluding hydrogens is 352 g/mol. The van der Waals surface area contributed by atoms with E-state index >= 15 is 0 Å². The zero-order valence-electron chi connectivity index (χ0n) is 12.8. The van der Waals surface area contributed by atoms with Gasteiger partial charge in [0.2, 0.25) is 10.0 Å². The molecule has 1 amide bonds. The van der Waals surface area contributed by atoms with Crippen LogP contribution in [0.1, 0.15) is 34.9 Å². The second kappa shape index (κ2) is 6.92. The van der Waals surface area contributed by atoms with E-state index in [2.05, 4.69) is 20.2 Å². The molecule has 3 N–H and O–H groups in total. The van der Waals surface area contributed by atoms with E-state index < -0.39 is 10.0 Å². The van der Waals surface area contributed by atoms with E-state index in [0.717, 1.165) is 18.5 Å². The van der Waals surface area contributed by atoms with Gasteiger partial charge in [-0.3, -0.25) is 9.89 Å². The van der Waals surface area contributed by atoms with Gasteiger partial charge in [0.1, 0.15) is 5.69 Å². The van der Waals surface area contributed by atoms with Crippen LogP contribution in [0, 0.1) is 0 Å². The monoisotopic (exact) mass is 368 g/mol. The standard InChI is InChI=1S/C15H17ClN4O3S/c16-11-3-5-12(6-4-11)24(22,23)18-8-7-17-15(21)14-9-13(19-20-14)10-1-2-10/h3-6,9-10,18H,1-2,7-8H2,(H,17,21)(H,19,20). The Morgan fingerprint density at radius 1 is 1.25 bits per heavy atom. The van der Waals surface area contributed by atoms with Gasteiger partial charge in [-0.25, -0.2) is 13.1 Å². The molecule has 1 aliphatic rings. The molecule has 1 aliphatic carbocycles. The van der Waals surface area contributed by atoms with E-state index in [4.69, 9.17) is 11.6 Å². The molecule has 7 nitrogen and oxygen atoms in total. The molecule has 0 bridgehead atoms. The summed E-state index contributed by atoms with van der Waals surface area (Å²) in [5, 5.41) is 9.93. The topological polar surface area (TPSA) is 104 Å². The third kappa shape index (κ3) is 4.14. The summed E-state index contributed by atoms with van der Waals surface area (Å²) in [6.45, 7) is 0.244. The number of amides is 1. The predicted molar refractivity (Wildman–Crippen MR) is 89.5 cm³/mol. The molecule has 1 aromatic heterocycles. The fraction of sp³-hybridized carbons (Fsp3) is 0.333. The number of hydrogen-bond acceptors (Lipinski definition) is 4. The van der Waals surface area contributed by atoms with Crippen LogP contribution in [0.25, 0.3) is 0 Å². The summed E-state index contributed by atoms with van der Waals surface area (Å²) in [5.74, 6) is 0.161. The van der Waals surface area contributed by atoms with Gasteiger partial charge in [-0.1, -0.05) is 11.6 Å². The first-order valence-corrected chi connectivity index (χ1v) is 9.40. The SMILES string of the molecule is O=C(NCCNS(=O)(=O)c1ccc(Cl)cc1)c1cc(C2CC2)[nH]n1. The molecule has 0 atom stereocenters. The molecule has 1 heterocycles. The van der Waals surface area contributed by atoms with Gasteiger partial charge in [-0.05, 0) is 43.2 Å². The summed E-state index contributed by atoms with van der Waals surface area (Å²) in [6, 6.07) is 7.60. The zero-order valence-corrected chi connectivity index (χ0v) is 14.3. The van der Waals surface area contributed by atoms with Gasteiger partial charge in [-0.2, -0.15) is 5.10 Å². The van der Waals surface area contributed by atoms with Gasteiger partial charge in [-0.15, -0.1) is 0 Å². The first-order valence-electron chi connectivity index (χ1n) is 7.54. The van der Waals surface area contributed by atoms with Crippen molar-refractivity contribution in [2.24, 2.45) is 0 Å². The Labute approximate surface area is 144 Å². The maximum absolute atomic E-state index is 12.1. The van der Waals surface area contributed by atoms with Crippen molar-refractivity contribution in [3.8, 4) is 0 Å². The van der Waals surface area contributed by atoms with Gasteiger partial charge >= 0.3 is 0 Å². The zero-order chi connectivity index (χ0) is 17.2. The van der Waals surface area contributed by atoms with Crippen molar-refractivity contribution in [1.82, 2.24) is 20.2 Å². The molecule has 0 spiro atoms. The number of H-pyrrole nitrogens is 1. The molecule has 24 heavy (non-hydrogen) atoms. The minimum atomic E-state index is -3.62. The lowest BCUT2D eigenvalue weighted by Crippen LogP contribution is -2.34. The average Bonchev–Trinajstić information content (AvgIpc) is 3.29. The van der Waals surface area contributed by atoms with E-state index in [1.54, 1.807) is 6.07 Å². The van der Waals surface area contributed by atoms with Crippen LogP contribution >= 0.6 is 11.6 Å². The van der Waals surface area contributed by atoms with Crippen molar-refractivity contribution < 1.29 is 13.2 Å². The Morgan fingerprint density at radius 3 is 2.62 bits per heavy atom. The smallest absolute Gasteiger partial charge is 0.271 e. The van der Waals surface area contributed by atoms with Crippen LogP contribution in [0.2, 0.25) is 5.02 Å². The van der Waals surface area contributed by atoms with E-state index in [9.17, 15) is 13.2 Å². The van der Waals surface area contributed by atoms with Crippen LogP contribution in [-0.4, -0.2) is 37.6 Å². The molecule has 0 saturated heterocycles. The summed E-state index contributed by atoms with van der Waals surface area (Å²) in [6.07, 6.45) is 2.24. The molecule has 2 aromatic rings. The average molecular weight is 369 g/mol. The number of halogens is 1. The number of rotatable bonds is 7. The van der Waals surface area contributed by atoms with E-state index in [-0.39, 0.29) is 23.9 Å². The van der Waals surface area contributed by atoms with Gasteiger partial charge in [0, 0.05) is 29.7 Å². The van der Waals surface area contributed by atoms with Crippen LogP contribution in [0.3, 0.4) is 0 Å². The van der Waals surface area contributed by atoms with Crippen molar-refractivity contribution in [2.75, 3.05) is 13.1 Å². The molecule has 1 saturated carbocycles. The molecular formula is C15H17ClN4O3S. The number of carbonyl (C=O) groups excluding carboxylic acids is 1. The maximum Gasteiger partial charge on any atom is 0.271 e.